The highest BCUT2D eigenvalue weighted by atomic mass is 32.2. The maximum absolute atomic E-state index is 12.8. The summed E-state index contributed by atoms with van der Waals surface area (Å²) in [5.41, 5.74) is 2.42. The molecule has 1 amide bonds. The zero-order valence-corrected chi connectivity index (χ0v) is 21.0. The van der Waals surface area contributed by atoms with Crippen molar-refractivity contribution >= 4 is 27.3 Å². The lowest BCUT2D eigenvalue weighted by atomic mass is 9.94. The molecule has 1 aromatic heterocycles. The summed E-state index contributed by atoms with van der Waals surface area (Å²) in [5, 5.41) is 4.90. The minimum atomic E-state index is -3.43. The summed E-state index contributed by atoms with van der Waals surface area (Å²) in [5.74, 6) is -0.115. The molecule has 0 bridgehead atoms. The first-order valence-corrected chi connectivity index (χ1v) is 14.4. The predicted molar refractivity (Wildman–Crippen MR) is 132 cm³/mol. The standard InChI is InChI=1S/C25H35N3O3S2/c1-27(23-10-3-2-4-11-23)19-22-9-6-5-8-21(22)18-26-25(29)20-13-15-28(16-14-20)33(30,31)24-12-7-17-32-24/h5-9,12,17,20,23H,2-4,10-11,13-16,18-19H2,1H3,(H,26,29). The van der Waals surface area contributed by atoms with Crippen molar-refractivity contribution in [1.82, 2.24) is 14.5 Å². The van der Waals surface area contributed by atoms with Crippen LogP contribution in [0.15, 0.2) is 46.0 Å². The summed E-state index contributed by atoms with van der Waals surface area (Å²) < 4.78 is 27.3. The quantitative estimate of drug-likeness (QED) is 0.603. The van der Waals surface area contributed by atoms with Crippen molar-refractivity contribution in [3.8, 4) is 0 Å². The molecule has 2 aliphatic rings. The van der Waals surface area contributed by atoms with E-state index in [9.17, 15) is 13.2 Å². The second kappa shape index (κ2) is 11.1. The zero-order chi connectivity index (χ0) is 23.3. The summed E-state index contributed by atoms with van der Waals surface area (Å²) in [6.07, 6.45) is 7.66. The maximum atomic E-state index is 12.8. The maximum Gasteiger partial charge on any atom is 0.252 e. The molecule has 33 heavy (non-hydrogen) atoms. The van der Waals surface area contributed by atoms with Crippen LogP contribution in [0.4, 0.5) is 0 Å². The van der Waals surface area contributed by atoms with E-state index in [4.69, 9.17) is 0 Å². The Labute approximate surface area is 202 Å². The lowest BCUT2D eigenvalue weighted by molar-refractivity contribution is -0.126. The molecule has 6 nitrogen and oxygen atoms in total. The number of carbonyl (C=O) groups excluding carboxylic acids is 1. The van der Waals surface area contributed by atoms with Gasteiger partial charge in [-0.2, -0.15) is 4.31 Å². The third-order valence-electron chi connectivity index (χ3n) is 7.10. The van der Waals surface area contributed by atoms with Crippen LogP contribution in [0.2, 0.25) is 0 Å². The molecule has 0 radical (unpaired) electrons. The number of rotatable bonds is 8. The number of piperidine rings is 1. The molecule has 1 aromatic carbocycles. The minimum Gasteiger partial charge on any atom is -0.352 e. The van der Waals surface area contributed by atoms with Gasteiger partial charge in [0.25, 0.3) is 10.0 Å². The fourth-order valence-electron chi connectivity index (χ4n) is 5.03. The van der Waals surface area contributed by atoms with E-state index in [1.807, 2.05) is 6.07 Å². The van der Waals surface area contributed by atoms with Crippen LogP contribution in [0.25, 0.3) is 0 Å². The van der Waals surface area contributed by atoms with Crippen LogP contribution in [0.5, 0.6) is 0 Å². The number of hydrogen-bond acceptors (Lipinski definition) is 5. The van der Waals surface area contributed by atoms with Gasteiger partial charge in [-0.3, -0.25) is 9.69 Å². The Kier molecular flexibility index (Phi) is 8.22. The van der Waals surface area contributed by atoms with Gasteiger partial charge in [0.15, 0.2) is 0 Å². The molecular formula is C25H35N3O3S2. The van der Waals surface area contributed by atoms with Crippen molar-refractivity contribution in [3.05, 3.63) is 52.9 Å². The fraction of sp³-hybridized carbons (Fsp3) is 0.560. The normalized spacial score (nSPS) is 19.1. The molecule has 1 saturated carbocycles. The number of hydrogen-bond donors (Lipinski definition) is 1. The number of amides is 1. The van der Waals surface area contributed by atoms with E-state index in [-0.39, 0.29) is 11.8 Å². The van der Waals surface area contributed by atoms with Gasteiger partial charge in [-0.15, -0.1) is 11.3 Å². The van der Waals surface area contributed by atoms with E-state index in [0.717, 1.165) is 12.1 Å². The summed E-state index contributed by atoms with van der Waals surface area (Å²) in [6, 6.07) is 12.4. The smallest absolute Gasteiger partial charge is 0.252 e. The monoisotopic (exact) mass is 489 g/mol. The van der Waals surface area contributed by atoms with Crippen molar-refractivity contribution in [3.63, 3.8) is 0 Å². The Balaban J connectivity index is 1.29. The highest BCUT2D eigenvalue weighted by molar-refractivity contribution is 7.91. The van der Waals surface area contributed by atoms with E-state index in [2.05, 4.69) is 35.5 Å². The highest BCUT2D eigenvalue weighted by Gasteiger charge is 2.32. The zero-order valence-electron chi connectivity index (χ0n) is 19.4. The molecular weight excluding hydrogens is 454 g/mol. The molecule has 2 heterocycles. The molecule has 0 atom stereocenters. The van der Waals surface area contributed by atoms with Crippen LogP contribution in [0.1, 0.15) is 56.1 Å². The topological polar surface area (TPSA) is 69.7 Å². The van der Waals surface area contributed by atoms with Gasteiger partial charge in [-0.1, -0.05) is 49.6 Å². The van der Waals surface area contributed by atoms with E-state index >= 15 is 0 Å². The summed E-state index contributed by atoms with van der Waals surface area (Å²) >= 11 is 1.24. The van der Waals surface area contributed by atoms with Gasteiger partial charge >= 0.3 is 0 Å². The molecule has 4 rings (SSSR count). The first-order valence-electron chi connectivity index (χ1n) is 12.0. The number of thiophene rings is 1. The number of sulfonamides is 1. The predicted octanol–water partition coefficient (Wildman–Crippen LogP) is 4.23. The van der Waals surface area contributed by atoms with Crippen LogP contribution in [-0.2, 0) is 27.9 Å². The average Bonchev–Trinajstić information content (AvgIpc) is 3.40. The third kappa shape index (κ3) is 6.04. The Hall–Kier alpha value is -1.74. The molecule has 1 N–H and O–H groups in total. The molecule has 1 aliphatic heterocycles. The van der Waals surface area contributed by atoms with Crippen molar-refractivity contribution in [2.75, 3.05) is 20.1 Å². The molecule has 180 valence electrons. The van der Waals surface area contributed by atoms with Crippen molar-refractivity contribution < 1.29 is 13.2 Å². The van der Waals surface area contributed by atoms with Gasteiger partial charge in [-0.25, -0.2) is 8.42 Å². The number of benzene rings is 1. The van der Waals surface area contributed by atoms with E-state index in [0.29, 0.717) is 42.7 Å². The van der Waals surface area contributed by atoms with Crippen LogP contribution in [0, 0.1) is 5.92 Å². The van der Waals surface area contributed by atoms with Crippen LogP contribution in [-0.4, -0.2) is 49.7 Å². The Morgan fingerprint density at radius 2 is 1.73 bits per heavy atom. The second-order valence-electron chi connectivity index (χ2n) is 9.30. The SMILES string of the molecule is CN(Cc1ccccc1CNC(=O)C1CCN(S(=O)(=O)c2cccs2)CC1)C1CCCCC1. The highest BCUT2D eigenvalue weighted by Crippen LogP contribution is 2.27. The molecule has 1 saturated heterocycles. The Morgan fingerprint density at radius 3 is 2.39 bits per heavy atom. The first kappa shape index (κ1) is 24.4. The fourth-order valence-corrected chi connectivity index (χ4v) is 7.64. The molecule has 2 aromatic rings. The van der Waals surface area contributed by atoms with E-state index in [1.54, 1.807) is 17.5 Å². The Morgan fingerprint density at radius 1 is 1.03 bits per heavy atom. The van der Waals surface area contributed by atoms with Crippen molar-refractivity contribution in [2.24, 2.45) is 5.92 Å². The van der Waals surface area contributed by atoms with E-state index < -0.39 is 10.0 Å². The van der Waals surface area contributed by atoms with Crippen molar-refractivity contribution in [1.29, 1.82) is 0 Å². The molecule has 0 unspecified atom stereocenters. The molecule has 0 spiro atoms. The average molecular weight is 490 g/mol. The van der Waals surface area contributed by atoms with Gasteiger partial charge in [0.2, 0.25) is 5.91 Å². The first-order chi connectivity index (χ1) is 15.9. The van der Waals surface area contributed by atoms with Crippen LogP contribution in [0.3, 0.4) is 0 Å². The second-order valence-corrected chi connectivity index (χ2v) is 12.4. The number of nitrogens with zero attached hydrogens (tertiary/aromatic N) is 2. The Bertz CT molecular complexity index is 1010. The number of carbonyl (C=O) groups is 1. The third-order valence-corrected chi connectivity index (χ3v) is 10.4. The lowest BCUT2D eigenvalue weighted by Gasteiger charge is -2.32. The molecule has 2 fully saturated rings. The van der Waals surface area contributed by atoms with Gasteiger partial charge in [0.05, 0.1) is 0 Å². The minimum absolute atomic E-state index is 0.0265. The molecule has 8 heteroatoms. The van der Waals surface area contributed by atoms with Gasteiger partial charge in [0.1, 0.15) is 4.21 Å². The van der Waals surface area contributed by atoms with Crippen LogP contribution < -0.4 is 5.32 Å². The van der Waals surface area contributed by atoms with Gasteiger partial charge in [-0.05, 0) is 55.3 Å². The lowest BCUT2D eigenvalue weighted by Crippen LogP contribution is -2.42. The van der Waals surface area contributed by atoms with Gasteiger partial charge in [0, 0.05) is 38.1 Å². The summed E-state index contributed by atoms with van der Waals surface area (Å²) in [4.78, 5) is 15.3. The summed E-state index contributed by atoms with van der Waals surface area (Å²) in [6.45, 7) is 2.19. The molecule has 1 aliphatic carbocycles. The summed E-state index contributed by atoms with van der Waals surface area (Å²) in [7, 11) is -1.22. The van der Waals surface area contributed by atoms with Crippen molar-refractivity contribution in [2.45, 2.75) is 68.3 Å². The van der Waals surface area contributed by atoms with Crippen LogP contribution >= 0.6 is 11.3 Å². The van der Waals surface area contributed by atoms with Gasteiger partial charge < -0.3 is 5.32 Å². The largest absolute Gasteiger partial charge is 0.352 e. The number of nitrogens with one attached hydrogen (secondary N) is 1. The van der Waals surface area contributed by atoms with E-state index in [1.165, 1.54) is 53.3 Å².